The first-order valence-electron chi connectivity index (χ1n) is 10.4. The van der Waals surface area contributed by atoms with E-state index in [1.807, 2.05) is 36.6 Å². The van der Waals surface area contributed by atoms with E-state index in [4.69, 9.17) is 0 Å². The summed E-state index contributed by atoms with van der Waals surface area (Å²) in [5, 5.41) is 6.11. The van der Waals surface area contributed by atoms with Crippen LogP contribution in [0.3, 0.4) is 0 Å². The Labute approximate surface area is 167 Å². The molecule has 3 heterocycles. The minimum absolute atomic E-state index is 0.00744. The molecule has 28 heavy (non-hydrogen) atoms. The second kappa shape index (κ2) is 7.53. The maximum atomic E-state index is 12.8. The highest BCUT2D eigenvalue weighted by Crippen LogP contribution is 2.27. The number of hydrogen-bond acceptors (Lipinski definition) is 3. The van der Waals surface area contributed by atoms with Crippen molar-refractivity contribution < 1.29 is 9.59 Å². The molecule has 1 aromatic rings. The highest BCUT2D eigenvalue weighted by Gasteiger charge is 2.44. The van der Waals surface area contributed by atoms with Crippen LogP contribution in [0.4, 0.5) is 21.0 Å². The summed E-state index contributed by atoms with van der Waals surface area (Å²) in [5.41, 5.74) is 3.17. The maximum Gasteiger partial charge on any atom is 0.321 e. The number of likely N-dealkylation sites (tertiary alicyclic amines) is 1. The fraction of sp³-hybridized carbons (Fsp3) is 0.619. The third-order valence-electron chi connectivity index (χ3n) is 6.24. The van der Waals surface area contributed by atoms with E-state index < -0.39 is 0 Å². The highest BCUT2D eigenvalue weighted by atomic mass is 16.2. The van der Waals surface area contributed by atoms with Crippen LogP contribution in [0.5, 0.6) is 0 Å². The molecule has 4 rings (SSSR count). The number of urea groups is 2. The first-order valence-corrected chi connectivity index (χ1v) is 10.4. The predicted octanol–water partition coefficient (Wildman–Crippen LogP) is 3.00. The van der Waals surface area contributed by atoms with Crippen LogP contribution in [0.2, 0.25) is 0 Å². The fourth-order valence-electron chi connectivity index (χ4n) is 4.75. The van der Waals surface area contributed by atoms with Gasteiger partial charge in [-0.1, -0.05) is 0 Å². The van der Waals surface area contributed by atoms with Crippen LogP contribution in [0.25, 0.3) is 0 Å². The molecule has 3 fully saturated rings. The fourth-order valence-corrected chi connectivity index (χ4v) is 4.75. The predicted molar refractivity (Wildman–Crippen MR) is 111 cm³/mol. The molecule has 2 N–H and O–H groups in total. The van der Waals surface area contributed by atoms with E-state index in [1.54, 1.807) is 0 Å². The van der Waals surface area contributed by atoms with Crippen molar-refractivity contribution in [3.8, 4) is 0 Å². The zero-order valence-electron chi connectivity index (χ0n) is 17.1. The second-order valence-electron chi connectivity index (χ2n) is 8.48. The van der Waals surface area contributed by atoms with E-state index >= 15 is 0 Å². The van der Waals surface area contributed by atoms with E-state index in [2.05, 4.69) is 27.7 Å². The quantitative estimate of drug-likeness (QED) is 0.840. The molecule has 0 unspecified atom stereocenters. The number of nitrogens with one attached hydrogen (secondary N) is 2. The number of fused-ring (bicyclic) bond motifs is 1. The molecule has 3 aliphatic heterocycles. The van der Waals surface area contributed by atoms with Crippen molar-refractivity contribution >= 4 is 23.4 Å². The highest BCUT2D eigenvalue weighted by molar-refractivity contribution is 5.91. The van der Waals surface area contributed by atoms with Gasteiger partial charge >= 0.3 is 12.1 Å². The Kier molecular flexibility index (Phi) is 5.08. The average Bonchev–Trinajstić information content (AvgIpc) is 3.29. The topological polar surface area (TPSA) is 67.9 Å². The Morgan fingerprint density at radius 2 is 1.96 bits per heavy atom. The van der Waals surface area contributed by atoms with E-state index in [9.17, 15) is 9.59 Å². The lowest BCUT2D eigenvalue weighted by molar-refractivity contribution is 0.138. The number of nitrogens with zero attached hydrogens (tertiary/aromatic N) is 3. The number of hydrogen-bond donors (Lipinski definition) is 2. The Hall–Kier alpha value is -2.44. The van der Waals surface area contributed by atoms with Crippen LogP contribution in [-0.4, -0.2) is 66.2 Å². The molecular formula is C21H31N5O2. The van der Waals surface area contributed by atoms with Crippen molar-refractivity contribution in [1.82, 2.24) is 15.1 Å². The molecule has 0 saturated carbocycles. The lowest BCUT2D eigenvalue weighted by Gasteiger charge is -2.37. The molecular weight excluding hydrogens is 354 g/mol. The van der Waals surface area contributed by atoms with Crippen LogP contribution in [0, 0.1) is 6.92 Å². The lowest BCUT2D eigenvalue weighted by Crippen LogP contribution is -2.54. The third kappa shape index (κ3) is 3.50. The summed E-state index contributed by atoms with van der Waals surface area (Å²) in [6.45, 7) is 9.55. The monoisotopic (exact) mass is 385 g/mol. The molecule has 7 heteroatoms. The summed E-state index contributed by atoms with van der Waals surface area (Å²) in [6, 6.07) is 6.51. The Morgan fingerprint density at radius 3 is 2.64 bits per heavy atom. The van der Waals surface area contributed by atoms with Crippen molar-refractivity contribution in [3.63, 3.8) is 0 Å². The van der Waals surface area contributed by atoms with Gasteiger partial charge in [0.15, 0.2) is 0 Å². The summed E-state index contributed by atoms with van der Waals surface area (Å²) in [5.74, 6) is 0. The molecule has 152 valence electrons. The van der Waals surface area contributed by atoms with Crippen LogP contribution >= 0.6 is 0 Å². The zero-order valence-corrected chi connectivity index (χ0v) is 17.1. The number of anilines is 2. The second-order valence-corrected chi connectivity index (χ2v) is 8.48. The normalized spacial score (nSPS) is 24.6. The molecule has 2 atom stereocenters. The number of benzene rings is 1. The molecule has 4 amide bonds. The van der Waals surface area contributed by atoms with Gasteiger partial charge in [-0.3, -0.25) is 0 Å². The van der Waals surface area contributed by atoms with Gasteiger partial charge in [0, 0.05) is 43.6 Å². The molecule has 0 spiro atoms. The van der Waals surface area contributed by atoms with Crippen LogP contribution in [0.15, 0.2) is 18.2 Å². The molecule has 3 saturated heterocycles. The summed E-state index contributed by atoms with van der Waals surface area (Å²) in [4.78, 5) is 31.2. The van der Waals surface area contributed by atoms with Gasteiger partial charge in [0.05, 0.1) is 12.1 Å². The number of aryl methyl sites for hydroxylation is 1. The third-order valence-corrected chi connectivity index (χ3v) is 6.24. The van der Waals surface area contributed by atoms with Gasteiger partial charge in [0.2, 0.25) is 0 Å². The van der Waals surface area contributed by atoms with Gasteiger partial charge in [-0.05, 0) is 63.8 Å². The molecule has 7 nitrogen and oxygen atoms in total. The molecule has 1 aromatic carbocycles. The molecule has 0 aromatic heterocycles. The maximum absolute atomic E-state index is 12.8. The minimum atomic E-state index is -0.0901. The number of amides is 4. The van der Waals surface area contributed by atoms with Crippen LogP contribution < -0.4 is 15.5 Å². The Bertz CT molecular complexity index is 759. The van der Waals surface area contributed by atoms with E-state index in [1.165, 1.54) is 18.5 Å². The molecule has 0 radical (unpaired) electrons. The molecule has 0 aliphatic carbocycles. The van der Waals surface area contributed by atoms with Crippen LogP contribution in [0.1, 0.15) is 38.7 Å². The zero-order chi connectivity index (χ0) is 19.8. The summed E-state index contributed by atoms with van der Waals surface area (Å²) >= 11 is 0. The first-order chi connectivity index (χ1) is 13.4. The number of carbonyl (C=O) groups is 2. The Morgan fingerprint density at radius 1 is 1.21 bits per heavy atom. The SMILES string of the molecule is Cc1cc(N2CCCC2)ccc1NC(=O)N1CC[C@H]2[C@@H](C1)NC(=O)N2C(C)C. The summed E-state index contributed by atoms with van der Waals surface area (Å²) in [7, 11) is 0. The van der Waals surface area contributed by atoms with Gasteiger partial charge in [0.25, 0.3) is 0 Å². The minimum Gasteiger partial charge on any atom is -0.372 e. The molecule has 3 aliphatic rings. The van der Waals surface area contributed by atoms with Crippen molar-refractivity contribution in [1.29, 1.82) is 0 Å². The van der Waals surface area contributed by atoms with Crippen molar-refractivity contribution in [2.75, 3.05) is 36.4 Å². The largest absolute Gasteiger partial charge is 0.372 e. The van der Waals surface area contributed by atoms with E-state index in [-0.39, 0.29) is 30.2 Å². The van der Waals surface area contributed by atoms with Crippen LogP contribution in [-0.2, 0) is 0 Å². The van der Waals surface area contributed by atoms with Gasteiger partial charge in [-0.2, -0.15) is 0 Å². The lowest BCUT2D eigenvalue weighted by atomic mass is 9.99. The van der Waals surface area contributed by atoms with Crippen molar-refractivity contribution in [2.45, 2.75) is 58.2 Å². The number of carbonyl (C=O) groups excluding carboxylic acids is 2. The van der Waals surface area contributed by atoms with E-state index in [0.29, 0.717) is 13.1 Å². The smallest absolute Gasteiger partial charge is 0.321 e. The average molecular weight is 386 g/mol. The Balaban J connectivity index is 1.39. The summed E-state index contributed by atoms with van der Waals surface area (Å²) in [6.07, 6.45) is 3.31. The first kappa shape index (κ1) is 18.9. The summed E-state index contributed by atoms with van der Waals surface area (Å²) < 4.78 is 0. The van der Waals surface area contributed by atoms with Gasteiger partial charge < -0.3 is 25.3 Å². The van der Waals surface area contributed by atoms with Gasteiger partial charge in [-0.15, -0.1) is 0 Å². The standard InChI is InChI=1S/C21H31N5O2/c1-14(2)26-19-8-11-25(13-18(19)23-21(26)28)20(27)22-17-7-6-16(12-15(17)3)24-9-4-5-10-24/h6-7,12,14,18-19H,4-5,8-11,13H2,1-3H3,(H,22,27)(H,23,28)/t18-,19+/m1/s1. The van der Waals surface area contributed by atoms with Gasteiger partial charge in [-0.25, -0.2) is 9.59 Å². The number of piperidine rings is 1. The van der Waals surface area contributed by atoms with Crippen molar-refractivity contribution in [2.24, 2.45) is 0 Å². The number of rotatable bonds is 3. The van der Waals surface area contributed by atoms with Gasteiger partial charge in [0.1, 0.15) is 0 Å². The van der Waals surface area contributed by atoms with E-state index in [0.717, 1.165) is 30.8 Å². The molecule has 0 bridgehead atoms. The van der Waals surface area contributed by atoms with Crippen molar-refractivity contribution in [3.05, 3.63) is 23.8 Å².